The fourth-order valence-electron chi connectivity index (χ4n) is 1.34. The lowest BCUT2D eigenvalue weighted by atomic mass is 9.83. The monoisotopic (exact) mass is 291 g/mol. The van der Waals surface area contributed by atoms with Gasteiger partial charge in [-0.25, -0.2) is 0 Å². The Morgan fingerprint density at radius 2 is 1.75 bits per heavy atom. The number of nitrogens with one attached hydrogen (secondary N) is 1. The van der Waals surface area contributed by atoms with E-state index in [-0.39, 0.29) is 22.8 Å². The fourth-order valence-corrected chi connectivity index (χ4v) is 1.80. The van der Waals surface area contributed by atoms with E-state index in [0.29, 0.717) is 0 Å². The summed E-state index contributed by atoms with van der Waals surface area (Å²) < 4.78 is 0. The highest BCUT2D eigenvalue weighted by molar-refractivity contribution is 9.09. The van der Waals surface area contributed by atoms with Crippen molar-refractivity contribution in [2.24, 2.45) is 10.8 Å². The van der Waals surface area contributed by atoms with Crippen molar-refractivity contribution >= 4 is 21.8 Å². The number of halogens is 1. The molecule has 0 aliphatic rings. The molecule has 0 aromatic carbocycles. The molecule has 96 valence electrons. The van der Waals surface area contributed by atoms with Gasteiger partial charge in [0.2, 0.25) is 5.91 Å². The quantitative estimate of drug-likeness (QED) is 0.768. The molecule has 1 unspecified atom stereocenters. The minimum absolute atomic E-state index is 0.104. The second-order valence-corrected chi connectivity index (χ2v) is 6.90. The van der Waals surface area contributed by atoms with Crippen LogP contribution in [0.2, 0.25) is 0 Å². The smallest absolute Gasteiger partial charge is 0.225 e. The van der Waals surface area contributed by atoms with Crippen LogP contribution >= 0.6 is 15.9 Å². The summed E-state index contributed by atoms with van der Waals surface area (Å²) in [4.78, 5) is 12.1. The predicted octanol–water partition coefficient (Wildman–Crippen LogP) is 3.74. The summed E-state index contributed by atoms with van der Waals surface area (Å²) >= 11 is 3.45. The zero-order valence-corrected chi connectivity index (χ0v) is 13.1. The summed E-state index contributed by atoms with van der Waals surface area (Å²) in [6.45, 7) is 12.5. The van der Waals surface area contributed by atoms with Gasteiger partial charge in [-0.2, -0.15) is 0 Å². The van der Waals surface area contributed by atoms with Gasteiger partial charge in [0, 0.05) is 16.8 Å². The first-order valence-corrected chi connectivity index (χ1v) is 7.14. The summed E-state index contributed by atoms with van der Waals surface area (Å²) in [5.74, 6) is 0.163. The number of amides is 1. The van der Waals surface area contributed by atoms with Crippen molar-refractivity contribution in [3.8, 4) is 0 Å². The van der Waals surface area contributed by atoms with Crippen molar-refractivity contribution in [1.29, 1.82) is 0 Å². The van der Waals surface area contributed by atoms with Crippen molar-refractivity contribution in [3.05, 3.63) is 0 Å². The Kier molecular flexibility index (Phi) is 6.02. The van der Waals surface area contributed by atoms with Crippen LogP contribution in [-0.2, 0) is 4.79 Å². The Balaban J connectivity index is 4.59. The molecule has 0 bridgehead atoms. The molecule has 0 heterocycles. The molecule has 0 radical (unpaired) electrons. The van der Waals surface area contributed by atoms with Gasteiger partial charge in [-0.05, 0) is 18.3 Å². The summed E-state index contributed by atoms with van der Waals surface area (Å²) in [5, 5.41) is 4.10. The van der Waals surface area contributed by atoms with Crippen molar-refractivity contribution in [1.82, 2.24) is 5.32 Å². The SMILES string of the molecule is CCC(C)(C)C(=O)NC(CCBr)C(C)(C)C. The standard InChI is InChI=1S/C13H26BrNO/c1-7-13(5,6)11(16)15-10(8-9-14)12(2,3)4/h10H,7-9H2,1-6H3,(H,15,16). The van der Waals surface area contributed by atoms with E-state index in [9.17, 15) is 4.79 Å². The molecule has 2 nitrogen and oxygen atoms in total. The van der Waals surface area contributed by atoms with Crippen LogP contribution in [0, 0.1) is 10.8 Å². The van der Waals surface area contributed by atoms with Crippen LogP contribution < -0.4 is 5.32 Å². The van der Waals surface area contributed by atoms with Gasteiger partial charge < -0.3 is 5.32 Å². The molecule has 16 heavy (non-hydrogen) atoms. The number of alkyl halides is 1. The highest BCUT2D eigenvalue weighted by atomic mass is 79.9. The summed E-state index contributed by atoms with van der Waals surface area (Å²) in [5.41, 5.74) is -0.164. The lowest BCUT2D eigenvalue weighted by Crippen LogP contribution is -2.48. The van der Waals surface area contributed by atoms with E-state index < -0.39 is 0 Å². The zero-order valence-electron chi connectivity index (χ0n) is 11.5. The summed E-state index contributed by atoms with van der Waals surface area (Å²) in [7, 11) is 0. The third-order valence-corrected chi connectivity index (χ3v) is 3.70. The van der Waals surface area contributed by atoms with Crippen LogP contribution in [0.3, 0.4) is 0 Å². The molecule has 0 saturated heterocycles. The summed E-state index contributed by atoms with van der Waals surface area (Å²) in [6.07, 6.45) is 1.83. The maximum atomic E-state index is 12.1. The number of hydrogen-bond donors (Lipinski definition) is 1. The first kappa shape index (κ1) is 16.0. The van der Waals surface area contributed by atoms with E-state index in [1.165, 1.54) is 0 Å². The van der Waals surface area contributed by atoms with Gasteiger partial charge in [-0.3, -0.25) is 4.79 Å². The Labute approximate surface area is 109 Å². The fraction of sp³-hybridized carbons (Fsp3) is 0.923. The normalized spacial score (nSPS) is 14.7. The molecule has 1 atom stereocenters. The van der Waals surface area contributed by atoms with Crippen LogP contribution in [0.5, 0.6) is 0 Å². The minimum atomic E-state index is -0.268. The molecule has 1 N–H and O–H groups in total. The lowest BCUT2D eigenvalue weighted by molar-refractivity contribution is -0.131. The largest absolute Gasteiger partial charge is 0.352 e. The van der Waals surface area contributed by atoms with E-state index in [2.05, 4.69) is 48.9 Å². The number of carbonyl (C=O) groups excluding carboxylic acids is 1. The molecule has 0 saturated carbocycles. The molecule has 0 aromatic heterocycles. The van der Waals surface area contributed by atoms with Gasteiger partial charge in [-0.1, -0.05) is 57.5 Å². The van der Waals surface area contributed by atoms with Gasteiger partial charge >= 0.3 is 0 Å². The average molecular weight is 292 g/mol. The maximum absolute atomic E-state index is 12.1. The van der Waals surface area contributed by atoms with Crippen molar-refractivity contribution in [3.63, 3.8) is 0 Å². The molecule has 0 aromatic rings. The Morgan fingerprint density at radius 3 is 2.06 bits per heavy atom. The molecule has 0 fully saturated rings. The van der Waals surface area contributed by atoms with E-state index in [0.717, 1.165) is 18.2 Å². The van der Waals surface area contributed by atoms with E-state index in [1.54, 1.807) is 0 Å². The first-order chi connectivity index (χ1) is 7.15. The van der Waals surface area contributed by atoms with Gasteiger partial charge in [0.25, 0.3) is 0 Å². The second-order valence-electron chi connectivity index (χ2n) is 6.11. The van der Waals surface area contributed by atoms with E-state index >= 15 is 0 Å². The van der Waals surface area contributed by atoms with Crippen LogP contribution in [0.4, 0.5) is 0 Å². The summed E-state index contributed by atoms with van der Waals surface area (Å²) in [6, 6.07) is 0.227. The van der Waals surface area contributed by atoms with Crippen LogP contribution in [0.15, 0.2) is 0 Å². The van der Waals surface area contributed by atoms with Crippen molar-refractivity contribution in [2.75, 3.05) is 5.33 Å². The van der Waals surface area contributed by atoms with Crippen LogP contribution in [0.25, 0.3) is 0 Å². The van der Waals surface area contributed by atoms with Gasteiger partial charge in [0.1, 0.15) is 0 Å². The van der Waals surface area contributed by atoms with Crippen molar-refractivity contribution in [2.45, 2.75) is 60.4 Å². The Hall–Kier alpha value is -0.0500. The maximum Gasteiger partial charge on any atom is 0.225 e. The topological polar surface area (TPSA) is 29.1 Å². The van der Waals surface area contributed by atoms with Crippen LogP contribution in [0.1, 0.15) is 54.4 Å². The average Bonchev–Trinajstić information content (AvgIpc) is 2.15. The molecular weight excluding hydrogens is 266 g/mol. The van der Waals surface area contributed by atoms with E-state index in [4.69, 9.17) is 0 Å². The molecule has 0 aliphatic carbocycles. The van der Waals surface area contributed by atoms with Gasteiger partial charge in [-0.15, -0.1) is 0 Å². The van der Waals surface area contributed by atoms with Gasteiger partial charge in [0.15, 0.2) is 0 Å². The Morgan fingerprint density at radius 1 is 1.25 bits per heavy atom. The molecule has 0 spiro atoms. The molecule has 0 aliphatic heterocycles. The molecular formula is C13H26BrNO. The molecule has 0 rings (SSSR count). The minimum Gasteiger partial charge on any atom is -0.352 e. The predicted molar refractivity (Wildman–Crippen MR) is 73.9 cm³/mol. The second kappa shape index (κ2) is 6.04. The highest BCUT2D eigenvalue weighted by Gasteiger charge is 2.31. The third kappa shape index (κ3) is 4.86. The zero-order chi connectivity index (χ0) is 13.0. The Bertz CT molecular complexity index is 231. The highest BCUT2D eigenvalue weighted by Crippen LogP contribution is 2.25. The number of hydrogen-bond acceptors (Lipinski definition) is 1. The molecule has 1 amide bonds. The number of rotatable bonds is 5. The molecule has 3 heteroatoms. The van der Waals surface area contributed by atoms with Crippen molar-refractivity contribution < 1.29 is 4.79 Å². The number of carbonyl (C=O) groups is 1. The third-order valence-electron chi connectivity index (χ3n) is 3.25. The lowest BCUT2D eigenvalue weighted by Gasteiger charge is -2.34. The van der Waals surface area contributed by atoms with E-state index in [1.807, 2.05) is 13.8 Å². The van der Waals surface area contributed by atoms with Crippen LogP contribution in [-0.4, -0.2) is 17.3 Å². The van der Waals surface area contributed by atoms with Gasteiger partial charge in [0.05, 0.1) is 0 Å². The first-order valence-electron chi connectivity index (χ1n) is 6.02.